The van der Waals surface area contributed by atoms with Gasteiger partial charge in [-0.25, -0.2) is 0 Å². The molecule has 0 saturated heterocycles. The third kappa shape index (κ3) is 3.67. The zero-order valence-electron chi connectivity index (χ0n) is 17.7. The number of nitrogens with zero attached hydrogens (tertiary/aromatic N) is 1. The van der Waals surface area contributed by atoms with E-state index in [-0.39, 0.29) is 28.9 Å². The molecule has 1 aromatic heterocycles. The number of benzene rings is 3. The van der Waals surface area contributed by atoms with Crippen LogP contribution in [-0.2, 0) is 0 Å². The van der Waals surface area contributed by atoms with Crippen LogP contribution in [0.1, 0.15) is 39.4 Å². The first kappa shape index (κ1) is 21.2. The predicted octanol–water partition coefficient (Wildman–Crippen LogP) is 4.73. The molecule has 6 nitrogen and oxygen atoms in total. The van der Waals surface area contributed by atoms with Crippen LogP contribution in [0.4, 0.5) is 0 Å². The van der Waals surface area contributed by atoms with Crippen LogP contribution in [0.15, 0.2) is 82.0 Å². The first-order valence-electron chi connectivity index (χ1n) is 10.4. The molecule has 0 unspecified atom stereocenters. The van der Waals surface area contributed by atoms with Crippen LogP contribution in [0.2, 0.25) is 5.02 Å². The van der Waals surface area contributed by atoms with Gasteiger partial charge in [-0.15, -0.1) is 0 Å². The fraction of sp³-hybridized carbons (Fsp3) is 0.154. The van der Waals surface area contributed by atoms with Crippen LogP contribution in [0.5, 0.6) is 5.75 Å². The minimum atomic E-state index is -0.941. The quantitative estimate of drug-likeness (QED) is 0.464. The SMILES string of the molecule is COc1ccc([C@@H]2c3c(oc4ccc(Cl)cc4c3=O)C(=O)N2C[C@H](O)c2ccccc2)cc1. The molecule has 0 radical (unpaired) electrons. The molecule has 4 aromatic rings. The van der Waals surface area contributed by atoms with E-state index in [4.69, 9.17) is 20.8 Å². The topological polar surface area (TPSA) is 80.0 Å². The third-order valence-corrected chi connectivity index (χ3v) is 6.15. The average Bonchev–Trinajstić information content (AvgIpc) is 3.12. The number of hydrogen-bond donors (Lipinski definition) is 1. The summed E-state index contributed by atoms with van der Waals surface area (Å²) in [6, 6.07) is 20.2. The van der Waals surface area contributed by atoms with Crippen molar-refractivity contribution in [1.82, 2.24) is 4.90 Å². The summed E-state index contributed by atoms with van der Waals surface area (Å²) in [6.07, 6.45) is -0.941. The fourth-order valence-corrected chi connectivity index (χ4v) is 4.45. The number of β-amino-alcohol motifs (C(OH)–C–C–N with tert-alkyl or cyclic N) is 1. The van der Waals surface area contributed by atoms with Crippen LogP contribution in [0.3, 0.4) is 0 Å². The smallest absolute Gasteiger partial charge is 0.291 e. The van der Waals surface area contributed by atoms with Gasteiger partial charge in [-0.05, 0) is 41.5 Å². The van der Waals surface area contributed by atoms with Crippen molar-refractivity contribution in [3.8, 4) is 5.75 Å². The Bertz CT molecular complexity index is 1400. The van der Waals surface area contributed by atoms with Crippen LogP contribution in [0, 0.1) is 0 Å². The molecular formula is C26H20ClNO5. The van der Waals surface area contributed by atoms with Crippen LogP contribution in [0.25, 0.3) is 11.0 Å². The van der Waals surface area contributed by atoms with Crippen molar-refractivity contribution < 1.29 is 19.1 Å². The maximum Gasteiger partial charge on any atom is 0.291 e. The lowest BCUT2D eigenvalue weighted by Gasteiger charge is -2.27. The van der Waals surface area contributed by atoms with E-state index in [1.165, 1.54) is 4.90 Å². The maximum atomic E-state index is 13.5. The van der Waals surface area contributed by atoms with E-state index in [0.717, 1.165) is 0 Å². The number of methoxy groups -OCH3 is 1. The normalized spacial score (nSPS) is 16.2. The molecular weight excluding hydrogens is 442 g/mol. The number of aliphatic hydroxyl groups is 1. The molecule has 0 bridgehead atoms. The van der Waals surface area contributed by atoms with Gasteiger partial charge in [0.25, 0.3) is 5.91 Å². The number of carbonyl (C=O) groups excluding carboxylic acids is 1. The van der Waals surface area contributed by atoms with E-state index < -0.39 is 18.1 Å². The Morgan fingerprint density at radius 2 is 1.79 bits per heavy atom. The standard InChI is InChI=1S/C26H20ClNO5/c1-32-18-10-7-16(8-11-18)23-22-24(30)19-13-17(27)9-12-21(19)33-25(22)26(31)28(23)14-20(29)15-5-3-2-4-6-15/h2-13,20,23,29H,14H2,1H3/t20-,23+/m0/s1. The highest BCUT2D eigenvalue weighted by atomic mass is 35.5. The highest BCUT2D eigenvalue weighted by Gasteiger charge is 2.43. The lowest BCUT2D eigenvalue weighted by molar-refractivity contribution is 0.0583. The van der Waals surface area contributed by atoms with Crippen molar-refractivity contribution in [2.45, 2.75) is 12.1 Å². The van der Waals surface area contributed by atoms with Crippen molar-refractivity contribution in [3.05, 3.63) is 110 Å². The first-order valence-corrected chi connectivity index (χ1v) is 10.8. The van der Waals surface area contributed by atoms with Gasteiger partial charge in [-0.3, -0.25) is 9.59 Å². The second kappa shape index (κ2) is 8.39. The molecule has 0 saturated carbocycles. The highest BCUT2D eigenvalue weighted by Crippen LogP contribution is 2.39. The summed E-state index contributed by atoms with van der Waals surface area (Å²) in [5.41, 5.74) is 1.58. The number of carbonyl (C=O) groups is 1. The van der Waals surface area contributed by atoms with Gasteiger partial charge in [0.15, 0.2) is 5.43 Å². The average molecular weight is 462 g/mol. The molecule has 1 amide bonds. The molecule has 0 aliphatic carbocycles. The molecule has 33 heavy (non-hydrogen) atoms. The number of hydrogen-bond acceptors (Lipinski definition) is 5. The van der Waals surface area contributed by atoms with Crippen molar-refractivity contribution in [1.29, 1.82) is 0 Å². The second-order valence-electron chi connectivity index (χ2n) is 7.87. The van der Waals surface area contributed by atoms with Gasteiger partial charge in [0.1, 0.15) is 11.3 Å². The van der Waals surface area contributed by atoms with Gasteiger partial charge in [-0.2, -0.15) is 0 Å². The van der Waals surface area contributed by atoms with Gasteiger partial charge < -0.3 is 19.2 Å². The van der Waals surface area contributed by atoms with E-state index in [0.29, 0.717) is 27.3 Å². The fourth-order valence-electron chi connectivity index (χ4n) is 4.28. The summed E-state index contributed by atoms with van der Waals surface area (Å²) in [7, 11) is 1.57. The number of fused-ring (bicyclic) bond motifs is 2. The Kier molecular flexibility index (Phi) is 5.40. The van der Waals surface area contributed by atoms with Gasteiger partial charge in [0.05, 0.1) is 36.8 Å². The van der Waals surface area contributed by atoms with Gasteiger partial charge in [0, 0.05) is 5.02 Å². The van der Waals surface area contributed by atoms with Crippen LogP contribution >= 0.6 is 11.6 Å². The van der Waals surface area contributed by atoms with Crippen molar-refractivity contribution in [3.63, 3.8) is 0 Å². The van der Waals surface area contributed by atoms with Crippen molar-refractivity contribution in [2.75, 3.05) is 13.7 Å². The zero-order chi connectivity index (χ0) is 23.1. The summed E-state index contributed by atoms with van der Waals surface area (Å²) in [4.78, 5) is 28.5. The largest absolute Gasteiger partial charge is 0.497 e. The zero-order valence-corrected chi connectivity index (χ0v) is 18.5. The van der Waals surface area contributed by atoms with Crippen molar-refractivity contribution >= 4 is 28.5 Å². The van der Waals surface area contributed by atoms with Crippen LogP contribution < -0.4 is 10.2 Å². The van der Waals surface area contributed by atoms with E-state index in [2.05, 4.69) is 0 Å². The summed E-state index contributed by atoms with van der Waals surface area (Å²) in [6.45, 7) is -0.0136. The molecule has 0 fully saturated rings. The summed E-state index contributed by atoms with van der Waals surface area (Å²) in [5, 5.41) is 11.6. The molecule has 1 aliphatic rings. The Morgan fingerprint density at radius 3 is 2.48 bits per heavy atom. The number of rotatable bonds is 5. The summed E-state index contributed by atoms with van der Waals surface area (Å²) >= 11 is 6.12. The van der Waals surface area contributed by atoms with E-state index in [1.807, 2.05) is 18.2 Å². The number of aliphatic hydroxyl groups excluding tert-OH is 1. The molecule has 2 atom stereocenters. The van der Waals surface area contributed by atoms with E-state index in [1.54, 1.807) is 61.7 Å². The molecule has 5 rings (SSSR count). The van der Waals surface area contributed by atoms with Crippen LogP contribution in [-0.4, -0.2) is 29.6 Å². The Hall–Kier alpha value is -3.61. The maximum absolute atomic E-state index is 13.5. The van der Waals surface area contributed by atoms with E-state index >= 15 is 0 Å². The molecule has 1 aliphatic heterocycles. The Morgan fingerprint density at radius 1 is 1.06 bits per heavy atom. The Labute approximate surface area is 194 Å². The second-order valence-corrected chi connectivity index (χ2v) is 8.31. The minimum Gasteiger partial charge on any atom is -0.497 e. The molecule has 7 heteroatoms. The van der Waals surface area contributed by atoms with E-state index in [9.17, 15) is 14.7 Å². The number of halogens is 1. The highest BCUT2D eigenvalue weighted by molar-refractivity contribution is 6.31. The predicted molar refractivity (Wildman–Crippen MR) is 125 cm³/mol. The summed E-state index contributed by atoms with van der Waals surface area (Å²) < 4.78 is 11.2. The molecule has 3 aromatic carbocycles. The molecule has 166 valence electrons. The lowest BCUT2D eigenvalue weighted by Crippen LogP contribution is -2.33. The van der Waals surface area contributed by atoms with Gasteiger partial charge >= 0.3 is 0 Å². The number of ether oxygens (including phenoxy) is 1. The number of amides is 1. The first-order chi connectivity index (χ1) is 16.0. The van der Waals surface area contributed by atoms with Gasteiger partial charge in [0.2, 0.25) is 5.76 Å². The lowest BCUT2D eigenvalue weighted by atomic mass is 9.98. The monoisotopic (exact) mass is 461 g/mol. The van der Waals surface area contributed by atoms with Crippen molar-refractivity contribution in [2.24, 2.45) is 0 Å². The molecule has 0 spiro atoms. The van der Waals surface area contributed by atoms with Gasteiger partial charge in [-0.1, -0.05) is 54.1 Å². The Balaban J connectivity index is 1.67. The third-order valence-electron chi connectivity index (χ3n) is 5.91. The molecule has 1 N–H and O–H groups in total. The molecule has 2 heterocycles. The summed E-state index contributed by atoms with van der Waals surface area (Å²) in [5.74, 6) is 0.183. The minimum absolute atomic E-state index is 0.0136.